The van der Waals surface area contributed by atoms with E-state index in [-0.39, 0.29) is 20.1 Å². The molecule has 0 atom stereocenters. The number of nitrogens with zero attached hydrogens (tertiary/aromatic N) is 4. The molecule has 0 spiro atoms. The van der Waals surface area contributed by atoms with Crippen LogP contribution in [0.3, 0.4) is 0 Å². The van der Waals surface area contributed by atoms with Crippen molar-refractivity contribution in [1.29, 1.82) is 0 Å². The van der Waals surface area contributed by atoms with Crippen molar-refractivity contribution in [3.63, 3.8) is 0 Å². The standard InChI is InChI=1S/C35H22N3O.C11H8N.Ir/c1-22-16-18-28(33-32(22)27-19-17-24(21-31(27)39-33)23-10-4-2-5-11-23)35-37-34-30(38(35)26-13-6-3-7-14-26)20-25-12-8-9-15-29(25)36-34;1-2-6-10(7-3-1)11-8-4-5-9-12-11;/h2-17,19-21H,1H3;1-6,8-9H;/q2*-1;. The molecule has 0 aliphatic carbocycles. The first kappa shape index (κ1) is 33.0. The fraction of sp³-hybridized carbons (Fsp3) is 0.0217. The summed E-state index contributed by atoms with van der Waals surface area (Å²) in [7, 11) is 0. The molecule has 5 nitrogen and oxygen atoms in total. The normalized spacial score (nSPS) is 11.0. The van der Waals surface area contributed by atoms with E-state index in [0.29, 0.717) is 5.65 Å². The number of hydrogen-bond donors (Lipinski definition) is 0. The Hall–Kier alpha value is -6.20. The first-order valence-corrected chi connectivity index (χ1v) is 16.9. The van der Waals surface area contributed by atoms with Crippen LogP contribution in [-0.4, -0.2) is 19.5 Å². The maximum Gasteiger partial charge on any atom is 0.168 e. The van der Waals surface area contributed by atoms with E-state index in [4.69, 9.17) is 14.4 Å². The van der Waals surface area contributed by atoms with Crippen molar-refractivity contribution >= 4 is 44.0 Å². The first-order valence-electron chi connectivity index (χ1n) is 16.9. The summed E-state index contributed by atoms with van der Waals surface area (Å²) in [6.45, 7) is 2.11. The van der Waals surface area contributed by atoms with Crippen molar-refractivity contribution in [2.75, 3.05) is 0 Å². The van der Waals surface area contributed by atoms with Gasteiger partial charge in [0.25, 0.3) is 0 Å². The molecule has 0 aliphatic rings. The average Bonchev–Trinajstić information content (AvgIpc) is 3.77. The molecule has 0 aliphatic heterocycles. The molecule has 4 heterocycles. The van der Waals surface area contributed by atoms with Crippen LogP contribution in [0.2, 0.25) is 0 Å². The SMILES string of the molecule is Cc1c[c-]c(-c2nc3nc4ccccc4cc3n2-c2ccccc2)c2oc3cc(-c4ccccc4)ccc3c12.[Ir].[c-]1ccccc1-c1ccccn1. The van der Waals surface area contributed by atoms with E-state index in [0.717, 1.165) is 83.4 Å². The third kappa shape index (κ3) is 6.09. The zero-order valence-corrected chi connectivity index (χ0v) is 30.5. The van der Waals surface area contributed by atoms with Gasteiger partial charge in [-0.2, -0.15) is 0 Å². The van der Waals surface area contributed by atoms with Crippen molar-refractivity contribution in [2.24, 2.45) is 0 Å². The van der Waals surface area contributed by atoms with Crippen LogP contribution in [0.15, 0.2) is 168 Å². The summed E-state index contributed by atoms with van der Waals surface area (Å²) in [5.74, 6) is 0.756. The van der Waals surface area contributed by atoms with Crippen LogP contribution in [0.5, 0.6) is 0 Å². The summed E-state index contributed by atoms with van der Waals surface area (Å²) < 4.78 is 8.80. The molecule has 251 valence electrons. The van der Waals surface area contributed by atoms with Gasteiger partial charge in [-0.25, -0.2) is 4.98 Å². The summed E-state index contributed by atoms with van der Waals surface area (Å²) in [4.78, 5) is 14.2. The molecule has 10 rings (SSSR count). The van der Waals surface area contributed by atoms with Gasteiger partial charge < -0.3 is 14.0 Å². The van der Waals surface area contributed by atoms with Gasteiger partial charge in [-0.05, 0) is 53.2 Å². The summed E-state index contributed by atoms with van der Waals surface area (Å²) in [5, 5.41) is 3.25. The maximum absolute atomic E-state index is 6.64. The van der Waals surface area contributed by atoms with Gasteiger partial charge in [0.1, 0.15) is 5.58 Å². The van der Waals surface area contributed by atoms with Crippen LogP contribution >= 0.6 is 0 Å². The molecule has 1 radical (unpaired) electrons. The minimum Gasteiger partial charge on any atom is -0.501 e. The second-order valence-corrected chi connectivity index (χ2v) is 12.4. The Bertz CT molecular complexity index is 2760. The summed E-state index contributed by atoms with van der Waals surface area (Å²) in [5.41, 5.74) is 11.4. The molecule has 10 aromatic rings. The number of hydrogen-bond acceptors (Lipinski definition) is 4. The summed E-state index contributed by atoms with van der Waals surface area (Å²) in [6, 6.07) is 59.8. The molecule has 0 fully saturated rings. The monoisotopic (exact) mass is 847 g/mol. The van der Waals surface area contributed by atoms with Crippen LogP contribution in [0.4, 0.5) is 0 Å². The molecule has 6 aromatic carbocycles. The number of para-hydroxylation sites is 2. The van der Waals surface area contributed by atoms with E-state index < -0.39 is 0 Å². The van der Waals surface area contributed by atoms with Crippen LogP contribution in [0, 0.1) is 19.1 Å². The summed E-state index contributed by atoms with van der Waals surface area (Å²) >= 11 is 0. The van der Waals surface area contributed by atoms with Crippen molar-refractivity contribution in [1.82, 2.24) is 19.5 Å². The van der Waals surface area contributed by atoms with Crippen LogP contribution in [-0.2, 0) is 20.1 Å². The second kappa shape index (κ2) is 14.2. The predicted molar refractivity (Wildman–Crippen MR) is 207 cm³/mol. The largest absolute Gasteiger partial charge is 0.501 e. The Labute approximate surface area is 314 Å². The third-order valence-corrected chi connectivity index (χ3v) is 9.09. The quantitative estimate of drug-likeness (QED) is 0.166. The van der Waals surface area contributed by atoms with E-state index >= 15 is 0 Å². The van der Waals surface area contributed by atoms with Crippen molar-refractivity contribution in [3.05, 3.63) is 182 Å². The van der Waals surface area contributed by atoms with Gasteiger partial charge in [-0.1, -0.05) is 109 Å². The molecule has 0 N–H and O–H groups in total. The molecular weight excluding hydrogens is 817 g/mol. The Balaban J connectivity index is 0.000000253. The Morgan fingerprint density at radius 2 is 1.44 bits per heavy atom. The fourth-order valence-corrected chi connectivity index (χ4v) is 6.65. The number of rotatable bonds is 4. The molecule has 6 heteroatoms. The van der Waals surface area contributed by atoms with Crippen LogP contribution < -0.4 is 0 Å². The van der Waals surface area contributed by atoms with E-state index in [9.17, 15) is 0 Å². The Morgan fingerprint density at radius 3 is 2.23 bits per heavy atom. The second-order valence-electron chi connectivity index (χ2n) is 12.4. The predicted octanol–water partition coefficient (Wildman–Crippen LogP) is 11.5. The van der Waals surface area contributed by atoms with Crippen molar-refractivity contribution < 1.29 is 24.5 Å². The topological polar surface area (TPSA) is 56.7 Å². The van der Waals surface area contributed by atoms with E-state index in [2.05, 4.69) is 95.3 Å². The molecule has 0 saturated carbocycles. The smallest absolute Gasteiger partial charge is 0.168 e. The number of aromatic nitrogens is 4. The first-order chi connectivity index (χ1) is 25.2. The molecule has 0 bridgehead atoms. The van der Waals surface area contributed by atoms with Crippen molar-refractivity contribution in [2.45, 2.75) is 6.92 Å². The van der Waals surface area contributed by atoms with Gasteiger partial charge in [0.05, 0.1) is 22.4 Å². The number of furan rings is 1. The van der Waals surface area contributed by atoms with Crippen LogP contribution in [0.1, 0.15) is 5.56 Å². The number of imidazole rings is 1. The molecule has 0 unspecified atom stereocenters. The third-order valence-electron chi connectivity index (χ3n) is 9.09. The number of aryl methyl sites for hydroxylation is 1. The van der Waals surface area contributed by atoms with E-state index in [1.165, 1.54) is 0 Å². The Kier molecular flexibility index (Phi) is 9.00. The zero-order chi connectivity index (χ0) is 34.1. The van der Waals surface area contributed by atoms with E-state index in [1.807, 2.05) is 91.0 Å². The fourth-order valence-electron chi connectivity index (χ4n) is 6.65. The molecule has 0 amide bonds. The van der Waals surface area contributed by atoms with Crippen molar-refractivity contribution in [3.8, 4) is 39.5 Å². The zero-order valence-electron chi connectivity index (χ0n) is 28.1. The van der Waals surface area contributed by atoms with Gasteiger partial charge in [0, 0.05) is 42.8 Å². The molecule has 52 heavy (non-hydrogen) atoms. The van der Waals surface area contributed by atoms with Gasteiger partial charge in [-0.15, -0.1) is 53.6 Å². The molecule has 0 saturated heterocycles. The minimum absolute atomic E-state index is 0. The number of benzene rings is 6. The van der Waals surface area contributed by atoms with E-state index in [1.54, 1.807) is 6.20 Å². The van der Waals surface area contributed by atoms with Gasteiger partial charge in [0.15, 0.2) is 5.65 Å². The van der Waals surface area contributed by atoms with Crippen LogP contribution in [0.25, 0.3) is 83.5 Å². The number of pyridine rings is 2. The van der Waals surface area contributed by atoms with Gasteiger partial charge in [-0.3, -0.25) is 4.98 Å². The maximum atomic E-state index is 6.64. The average molecular weight is 847 g/mol. The summed E-state index contributed by atoms with van der Waals surface area (Å²) in [6.07, 6.45) is 1.79. The number of fused-ring (bicyclic) bond motifs is 5. The minimum atomic E-state index is 0. The Morgan fingerprint density at radius 1 is 0.673 bits per heavy atom. The molecular formula is C46H30IrN4O-2. The molecule has 4 aromatic heterocycles. The van der Waals surface area contributed by atoms with Gasteiger partial charge in [0.2, 0.25) is 0 Å². The van der Waals surface area contributed by atoms with Gasteiger partial charge >= 0.3 is 0 Å².